The van der Waals surface area contributed by atoms with Gasteiger partial charge in [-0.1, -0.05) is 0 Å². The summed E-state index contributed by atoms with van der Waals surface area (Å²) in [6, 6.07) is 0. The molecule has 0 aliphatic heterocycles. The summed E-state index contributed by atoms with van der Waals surface area (Å²) in [7, 11) is 0. The third kappa shape index (κ3) is 3.06. The second kappa shape index (κ2) is 6.13. The molecule has 0 aromatic rings. The highest BCUT2D eigenvalue weighted by Gasteiger charge is 3.02. The molecule has 0 fully saturated rings. The highest BCUT2D eigenvalue weighted by atomic mass is 19.4. The van der Waals surface area contributed by atoms with Crippen LogP contribution in [0.25, 0.3) is 0 Å². The van der Waals surface area contributed by atoms with Crippen LogP contribution >= 0.6 is 0 Å². The first-order valence-electron chi connectivity index (χ1n) is 5.63. The molecule has 0 rings (SSSR count). The maximum Gasteiger partial charge on any atom is 0.434 e. The lowest BCUT2D eigenvalue weighted by molar-refractivity contribution is -0.512. The molecule has 0 bridgehead atoms. The van der Waals surface area contributed by atoms with Crippen molar-refractivity contribution < 1.29 is 79.7 Å². The Morgan fingerprint density at radius 1 is 0.444 bits per heavy atom. The summed E-state index contributed by atoms with van der Waals surface area (Å²) < 4.78 is 217. The lowest BCUT2D eigenvalue weighted by Crippen LogP contribution is -2.80. The highest BCUT2D eigenvalue weighted by Crippen LogP contribution is 2.72. The molecule has 0 amide bonds. The molecule has 27 heavy (non-hydrogen) atoms. The molecule has 18 heteroatoms. The van der Waals surface area contributed by atoms with Crippen LogP contribution in [-0.2, 0) is 0 Å². The van der Waals surface area contributed by atoms with Crippen LogP contribution in [0, 0.1) is 5.41 Å². The van der Waals surface area contributed by atoms with Crippen molar-refractivity contribution in [2.45, 2.75) is 42.2 Å². The first kappa shape index (κ1) is 25.8. The molecule has 164 valence electrons. The summed E-state index contributed by atoms with van der Waals surface area (Å²) in [4.78, 5) is 0. The quantitative estimate of drug-likeness (QED) is 0.585. The standard InChI is InChI=1S/C9H3F17O/c10-2(11,1-27)4(12,9(24,25)26)5(13,14)3(6(15,16)17,7(18,19)20)8(21,22)23/h27H,1H2/t4-/m0/s1. The predicted octanol–water partition coefficient (Wildman–Crippen LogP) is 5.19. The maximum atomic E-state index is 13.7. The van der Waals surface area contributed by atoms with Gasteiger partial charge in [0.1, 0.15) is 6.61 Å². The van der Waals surface area contributed by atoms with E-state index in [1.165, 1.54) is 0 Å². The predicted molar refractivity (Wildman–Crippen MR) is 47.5 cm³/mol. The molecular formula is C9H3F17O. The van der Waals surface area contributed by atoms with E-state index in [-0.39, 0.29) is 0 Å². The van der Waals surface area contributed by atoms with E-state index < -0.39 is 54.2 Å². The molecule has 0 aromatic carbocycles. The second-order valence-electron chi connectivity index (χ2n) is 4.84. The normalized spacial score (nSPS) is 18.4. The van der Waals surface area contributed by atoms with Gasteiger partial charge in [0.05, 0.1) is 0 Å². The molecule has 0 aliphatic carbocycles. The SMILES string of the molecule is OCC(F)(F)[C@@](F)(C(F)(F)F)C(F)(F)C(C(F)(F)F)(C(F)(F)F)C(F)(F)F. The minimum absolute atomic E-state index is 3.82. The van der Waals surface area contributed by atoms with Crippen molar-refractivity contribution in [3.8, 4) is 0 Å². The molecule has 0 aromatic heterocycles. The number of halogens is 17. The smallest absolute Gasteiger partial charge is 0.390 e. The second-order valence-corrected chi connectivity index (χ2v) is 4.84. The Labute approximate surface area is 135 Å². The van der Waals surface area contributed by atoms with E-state index in [0.29, 0.717) is 0 Å². The number of hydrogen-bond acceptors (Lipinski definition) is 1. The zero-order chi connectivity index (χ0) is 22.7. The first-order chi connectivity index (χ1) is 11.3. The molecule has 0 aliphatic rings. The number of aliphatic hydroxyl groups excluding tert-OH is 1. The van der Waals surface area contributed by atoms with Crippen LogP contribution in [0.5, 0.6) is 0 Å². The maximum absolute atomic E-state index is 13.7. The van der Waals surface area contributed by atoms with Gasteiger partial charge in [-0.2, -0.15) is 61.5 Å². The lowest BCUT2D eigenvalue weighted by atomic mass is 9.69. The highest BCUT2D eigenvalue weighted by molar-refractivity contribution is 5.21. The van der Waals surface area contributed by atoms with Crippen LogP contribution < -0.4 is 0 Å². The largest absolute Gasteiger partial charge is 0.434 e. The molecular weight excluding hydrogens is 447 g/mol. The third-order valence-electron chi connectivity index (χ3n) is 3.27. The third-order valence-corrected chi connectivity index (χ3v) is 3.27. The Bertz CT molecular complexity index is 497. The van der Waals surface area contributed by atoms with Crippen molar-refractivity contribution >= 4 is 0 Å². The minimum Gasteiger partial charge on any atom is -0.390 e. The molecule has 1 atom stereocenters. The Hall–Kier alpha value is -1.23. The van der Waals surface area contributed by atoms with E-state index in [0.717, 1.165) is 0 Å². The Morgan fingerprint density at radius 2 is 0.704 bits per heavy atom. The van der Waals surface area contributed by atoms with Gasteiger partial charge < -0.3 is 5.11 Å². The molecule has 1 N–H and O–H groups in total. The molecule has 0 unspecified atom stereocenters. The number of rotatable bonds is 4. The van der Waals surface area contributed by atoms with E-state index in [9.17, 15) is 74.6 Å². The summed E-state index contributed by atoms with van der Waals surface area (Å²) in [5, 5.41) is 7.86. The van der Waals surface area contributed by atoms with Crippen molar-refractivity contribution in [1.29, 1.82) is 0 Å². The molecule has 0 heterocycles. The zero-order valence-corrected chi connectivity index (χ0v) is 11.6. The Morgan fingerprint density at radius 3 is 0.852 bits per heavy atom. The average Bonchev–Trinajstić information content (AvgIpc) is 2.30. The summed E-state index contributed by atoms with van der Waals surface area (Å²) in [6.45, 7) is -3.82. The van der Waals surface area contributed by atoms with E-state index in [1.807, 2.05) is 0 Å². The van der Waals surface area contributed by atoms with Gasteiger partial charge in [0, 0.05) is 0 Å². The van der Waals surface area contributed by atoms with Crippen molar-refractivity contribution in [2.24, 2.45) is 5.41 Å². The Kier molecular flexibility index (Phi) is 5.85. The fourth-order valence-corrected chi connectivity index (χ4v) is 2.00. The van der Waals surface area contributed by atoms with Gasteiger partial charge in [-0.3, -0.25) is 0 Å². The summed E-state index contributed by atoms with van der Waals surface area (Å²) in [5.74, 6) is -16.2. The van der Waals surface area contributed by atoms with Crippen LogP contribution in [0.15, 0.2) is 0 Å². The monoisotopic (exact) mass is 450 g/mol. The number of aliphatic hydroxyl groups is 1. The molecule has 0 radical (unpaired) electrons. The molecule has 0 saturated carbocycles. The van der Waals surface area contributed by atoms with Gasteiger partial charge in [-0.25, -0.2) is 13.2 Å². The molecule has 0 spiro atoms. The fraction of sp³-hybridized carbons (Fsp3) is 1.00. The average molecular weight is 450 g/mol. The van der Waals surface area contributed by atoms with E-state index in [1.54, 1.807) is 0 Å². The molecule has 0 saturated heterocycles. The van der Waals surface area contributed by atoms with Crippen molar-refractivity contribution in [3.05, 3.63) is 0 Å². The van der Waals surface area contributed by atoms with E-state index >= 15 is 0 Å². The minimum atomic E-state index is -8.99. The van der Waals surface area contributed by atoms with Gasteiger partial charge in [0.25, 0.3) is 0 Å². The van der Waals surface area contributed by atoms with E-state index in [2.05, 4.69) is 0 Å². The number of hydrogen-bond donors (Lipinski definition) is 1. The summed E-state index contributed by atoms with van der Waals surface area (Å²) in [5.41, 5.74) is -17.4. The van der Waals surface area contributed by atoms with Crippen LogP contribution in [0.4, 0.5) is 74.6 Å². The summed E-state index contributed by atoms with van der Waals surface area (Å²) >= 11 is 0. The first-order valence-corrected chi connectivity index (χ1v) is 5.63. The Balaban J connectivity index is 7.69. The van der Waals surface area contributed by atoms with Crippen molar-refractivity contribution in [1.82, 2.24) is 0 Å². The van der Waals surface area contributed by atoms with Crippen LogP contribution in [0.1, 0.15) is 0 Å². The van der Waals surface area contributed by atoms with Crippen molar-refractivity contribution in [3.63, 3.8) is 0 Å². The lowest BCUT2D eigenvalue weighted by Gasteiger charge is -2.49. The fourth-order valence-electron chi connectivity index (χ4n) is 2.00. The topological polar surface area (TPSA) is 20.2 Å². The van der Waals surface area contributed by atoms with Gasteiger partial charge in [-0.15, -0.1) is 0 Å². The van der Waals surface area contributed by atoms with Crippen molar-refractivity contribution in [2.75, 3.05) is 6.61 Å². The van der Waals surface area contributed by atoms with Crippen LogP contribution in [0.3, 0.4) is 0 Å². The summed E-state index contributed by atoms with van der Waals surface area (Å²) in [6.07, 6.45) is -33.6. The van der Waals surface area contributed by atoms with Gasteiger partial charge >= 0.3 is 47.6 Å². The number of alkyl halides is 17. The van der Waals surface area contributed by atoms with Gasteiger partial charge in [-0.05, 0) is 0 Å². The molecule has 1 nitrogen and oxygen atoms in total. The van der Waals surface area contributed by atoms with Crippen LogP contribution in [-0.4, -0.2) is 53.9 Å². The van der Waals surface area contributed by atoms with E-state index in [4.69, 9.17) is 5.11 Å². The van der Waals surface area contributed by atoms with Gasteiger partial charge in [0.15, 0.2) is 0 Å². The van der Waals surface area contributed by atoms with Crippen LogP contribution in [0.2, 0.25) is 0 Å². The zero-order valence-electron chi connectivity index (χ0n) is 11.6. The van der Waals surface area contributed by atoms with Gasteiger partial charge in [0.2, 0.25) is 0 Å².